The first-order chi connectivity index (χ1) is 20.1. The van der Waals surface area contributed by atoms with Crippen LogP contribution in [0, 0.1) is 5.92 Å². The smallest absolute Gasteiger partial charge is 0.274 e. The number of fused-ring (bicyclic) bond motifs is 1. The van der Waals surface area contributed by atoms with Gasteiger partial charge in [-0.15, -0.1) is 0 Å². The number of nitrogens with zero attached hydrogens (tertiary/aromatic N) is 4. The Morgan fingerprint density at radius 2 is 1.79 bits per heavy atom. The lowest BCUT2D eigenvalue weighted by Gasteiger charge is -2.35. The number of sulfone groups is 1. The quantitative estimate of drug-likeness (QED) is 0.310. The van der Waals surface area contributed by atoms with Crippen LogP contribution in [0.3, 0.4) is 0 Å². The number of alkyl halides is 2. The summed E-state index contributed by atoms with van der Waals surface area (Å²) in [6.07, 6.45) is 4.99. The predicted molar refractivity (Wildman–Crippen MR) is 157 cm³/mol. The van der Waals surface area contributed by atoms with Crippen molar-refractivity contribution in [3.8, 4) is 16.9 Å². The molecule has 1 aliphatic heterocycles. The summed E-state index contributed by atoms with van der Waals surface area (Å²) < 4.78 is 60.0. The van der Waals surface area contributed by atoms with Crippen LogP contribution in [0.2, 0.25) is 0 Å². The van der Waals surface area contributed by atoms with Crippen molar-refractivity contribution < 1.29 is 21.9 Å². The van der Waals surface area contributed by atoms with Gasteiger partial charge in [0.2, 0.25) is 0 Å². The second kappa shape index (κ2) is 10.8. The molecule has 9 nitrogen and oxygen atoms in total. The zero-order valence-corrected chi connectivity index (χ0v) is 24.3. The minimum Gasteiger partial charge on any atom is -0.492 e. The molecule has 0 amide bonds. The first-order valence-electron chi connectivity index (χ1n) is 14.0. The van der Waals surface area contributed by atoms with Gasteiger partial charge in [-0.1, -0.05) is 6.92 Å². The van der Waals surface area contributed by atoms with Crippen molar-refractivity contribution in [3.63, 3.8) is 0 Å². The van der Waals surface area contributed by atoms with Crippen LogP contribution in [-0.4, -0.2) is 72.3 Å². The van der Waals surface area contributed by atoms with Crippen LogP contribution in [0.15, 0.2) is 64.7 Å². The van der Waals surface area contributed by atoms with E-state index in [9.17, 15) is 22.0 Å². The number of aromatic amines is 1. The third-order valence-electron chi connectivity index (χ3n) is 8.19. The second-order valence-corrected chi connectivity index (χ2v) is 13.3. The number of aromatic nitrogens is 3. The minimum atomic E-state index is -3.56. The second-order valence-electron chi connectivity index (χ2n) is 11.0. The van der Waals surface area contributed by atoms with Gasteiger partial charge in [0.15, 0.2) is 9.84 Å². The van der Waals surface area contributed by atoms with E-state index in [4.69, 9.17) is 4.74 Å². The molecule has 1 N–H and O–H groups in total. The van der Waals surface area contributed by atoms with E-state index in [1.54, 1.807) is 32.6 Å². The van der Waals surface area contributed by atoms with Crippen molar-refractivity contribution in [3.05, 3.63) is 71.0 Å². The first kappa shape index (κ1) is 28.4. The molecular weight excluding hydrogens is 564 g/mol. The highest BCUT2D eigenvalue weighted by molar-refractivity contribution is 7.91. The summed E-state index contributed by atoms with van der Waals surface area (Å²) in [5, 5.41) is 0.621. The van der Waals surface area contributed by atoms with Crippen molar-refractivity contribution in [2.45, 2.75) is 30.7 Å². The summed E-state index contributed by atoms with van der Waals surface area (Å²) >= 11 is 0. The van der Waals surface area contributed by atoms with Crippen LogP contribution in [-0.2, 0) is 23.4 Å². The van der Waals surface area contributed by atoms with E-state index < -0.39 is 21.7 Å². The number of benzene rings is 1. The molecule has 0 radical (unpaired) electrons. The molecule has 1 saturated carbocycles. The third kappa shape index (κ3) is 5.52. The Morgan fingerprint density at radius 3 is 2.45 bits per heavy atom. The molecule has 0 bridgehead atoms. The van der Waals surface area contributed by atoms with E-state index in [0.717, 1.165) is 37.6 Å². The van der Waals surface area contributed by atoms with Crippen LogP contribution in [0.4, 0.5) is 14.5 Å². The molecule has 0 spiro atoms. The Bertz CT molecular complexity index is 1780. The van der Waals surface area contributed by atoms with Crippen LogP contribution < -0.4 is 15.2 Å². The number of piperazine rings is 1. The number of anilines is 1. The van der Waals surface area contributed by atoms with Gasteiger partial charge in [-0.25, -0.2) is 17.2 Å². The molecule has 1 atom stereocenters. The van der Waals surface area contributed by atoms with Gasteiger partial charge in [-0.2, -0.15) is 0 Å². The summed E-state index contributed by atoms with van der Waals surface area (Å²) in [6.45, 7) is 5.37. The van der Waals surface area contributed by atoms with Crippen LogP contribution >= 0.6 is 0 Å². The lowest BCUT2D eigenvalue weighted by Crippen LogP contribution is -2.46. The molecule has 1 unspecified atom stereocenters. The van der Waals surface area contributed by atoms with Gasteiger partial charge in [0.25, 0.3) is 11.5 Å². The van der Waals surface area contributed by atoms with Crippen LogP contribution in [0.25, 0.3) is 22.0 Å². The summed E-state index contributed by atoms with van der Waals surface area (Å²) in [4.78, 5) is 25.3. The van der Waals surface area contributed by atoms with Gasteiger partial charge in [0, 0.05) is 92.7 Å². The van der Waals surface area contributed by atoms with Gasteiger partial charge < -0.3 is 19.2 Å². The third-order valence-corrected chi connectivity index (χ3v) is 9.92. The summed E-state index contributed by atoms with van der Waals surface area (Å²) in [5.74, 6) is -3.41. The fourth-order valence-corrected chi connectivity index (χ4v) is 6.40. The maximum absolute atomic E-state index is 13.6. The number of H-pyrrole nitrogens is 1. The fourth-order valence-electron chi connectivity index (χ4n) is 5.50. The standard InChI is InChI=1S/C30H33F2N5O4S/c1-3-42(39,40)23-4-5-27(41-19-20-16-30(20,31)32)24(15-23)26-18-35(2)29(38)28-25(26)14-21(34-28)17-36-10-12-37(13-11-36)22-6-8-33-9-7-22/h4-9,14-15,18,20,34H,3,10-13,16-17,19H2,1-2H3. The molecule has 12 heteroatoms. The Morgan fingerprint density at radius 1 is 1.07 bits per heavy atom. The van der Waals surface area contributed by atoms with Gasteiger partial charge >= 0.3 is 0 Å². The first-order valence-corrected chi connectivity index (χ1v) is 15.7. The highest BCUT2D eigenvalue weighted by Gasteiger charge is 2.57. The van der Waals surface area contributed by atoms with E-state index in [0.29, 0.717) is 34.3 Å². The van der Waals surface area contributed by atoms with Crippen molar-refractivity contribution in [1.29, 1.82) is 0 Å². The molecule has 1 saturated heterocycles. The number of nitrogens with one attached hydrogen (secondary N) is 1. The minimum absolute atomic E-state index is 0.0909. The summed E-state index contributed by atoms with van der Waals surface area (Å²) in [6, 6.07) is 10.4. The Labute approximate surface area is 242 Å². The number of rotatable bonds is 9. The molecular formula is C30H33F2N5O4S. The van der Waals surface area contributed by atoms with E-state index in [1.807, 2.05) is 18.2 Å². The number of ether oxygens (including phenoxy) is 1. The Kier molecular flexibility index (Phi) is 7.30. The predicted octanol–water partition coefficient (Wildman–Crippen LogP) is 4.08. The zero-order valence-electron chi connectivity index (χ0n) is 23.5. The summed E-state index contributed by atoms with van der Waals surface area (Å²) in [5.41, 5.74) is 3.18. The molecule has 1 aliphatic carbocycles. The molecule has 4 aromatic rings. The zero-order chi connectivity index (χ0) is 29.6. The molecule has 1 aromatic carbocycles. The number of hydrogen-bond donors (Lipinski definition) is 1. The van der Waals surface area contributed by atoms with Crippen molar-refractivity contribution in [1.82, 2.24) is 19.4 Å². The fraction of sp³-hybridized carbons (Fsp3) is 0.400. The molecule has 3 aromatic heterocycles. The van der Waals surface area contributed by atoms with Crippen LogP contribution in [0.1, 0.15) is 19.0 Å². The highest BCUT2D eigenvalue weighted by Crippen LogP contribution is 2.49. The Hall–Kier alpha value is -3.77. The van der Waals surface area contributed by atoms with E-state index in [-0.39, 0.29) is 29.2 Å². The number of aryl methyl sites for hydroxylation is 1. The van der Waals surface area contributed by atoms with Crippen LogP contribution in [0.5, 0.6) is 5.75 Å². The summed E-state index contributed by atoms with van der Waals surface area (Å²) in [7, 11) is -1.93. The monoisotopic (exact) mass is 597 g/mol. The molecule has 2 aliphatic rings. The van der Waals surface area contributed by atoms with Gasteiger partial charge in [-0.3, -0.25) is 14.7 Å². The average Bonchev–Trinajstić information content (AvgIpc) is 3.39. The van der Waals surface area contributed by atoms with Gasteiger partial charge in [0.05, 0.1) is 23.2 Å². The Balaban J connectivity index is 1.33. The van der Waals surface area contributed by atoms with E-state index in [2.05, 4.69) is 19.8 Å². The number of halogens is 2. The highest BCUT2D eigenvalue weighted by atomic mass is 32.2. The lowest BCUT2D eigenvalue weighted by atomic mass is 10.0. The molecule has 6 rings (SSSR count). The molecule has 4 heterocycles. The van der Waals surface area contributed by atoms with Crippen molar-refractivity contribution in [2.75, 3.05) is 43.4 Å². The van der Waals surface area contributed by atoms with Crippen molar-refractivity contribution >= 4 is 26.4 Å². The molecule has 2 fully saturated rings. The van der Waals surface area contributed by atoms with Gasteiger partial charge in [-0.05, 0) is 36.4 Å². The molecule has 42 heavy (non-hydrogen) atoms. The maximum atomic E-state index is 13.6. The normalized spacial score (nSPS) is 18.9. The number of hydrogen-bond acceptors (Lipinski definition) is 7. The molecule has 222 valence electrons. The van der Waals surface area contributed by atoms with E-state index in [1.165, 1.54) is 22.8 Å². The van der Waals surface area contributed by atoms with Gasteiger partial charge in [0.1, 0.15) is 11.3 Å². The largest absolute Gasteiger partial charge is 0.492 e. The maximum Gasteiger partial charge on any atom is 0.274 e. The topological polar surface area (TPSA) is 101 Å². The van der Waals surface area contributed by atoms with E-state index >= 15 is 0 Å². The number of pyridine rings is 2. The van der Waals surface area contributed by atoms with Crippen molar-refractivity contribution in [2.24, 2.45) is 13.0 Å². The lowest BCUT2D eigenvalue weighted by molar-refractivity contribution is 0.0857. The average molecular weight is 598 g/mol. The SMILES string of the molecule is CCS(=O)(=O)c1ccc(OCC2CC2(F)F)c(-c2cn(C)c(=O)c3[nH]c(CN4CCN(c5ccncc5)CC4)cc23)c1.